The van der Waals surface area contributed by atoms with Crippen LogP contribution in [0.15, 0.2) is 45.9 Å². The van der Waals surface area contributed by atoms with Crippen molar-refractivity contribution >= 4 is 21.6 Å². The number of hydrogen-bond donors (Lipinski definition) is 1. The molecule has 4 nitrogen and oxygen atoms in total. The maximum atomic E-state index is 11.9. The summed E-state index contributed by atoms with van der Waals surface area (Å²) in [6, 6.07) is 9.89. The van der Waals surface area contributed by atoms with E-state index in [4.69, 9.17) is 0 Å². The number of halogens is 1. The van der Waals surface area contributed by atoms with Crippen LogP contribution in [0.5, 0.6) is 0 Å². The zero-order valence-electron chi connectivity index (χ0n) is 10.1. The van der Waals surface area contributed by atoms with E-state index in [1.165, 1.54) is 0 Å². The Morgan fingerprint density at radius 2 is 2.06 bits per heavy atom. The summed E-state index contributed by atoms with van der Waals surface area (Å²) in [6.45, 7) is 3.07. The standard InChI is InChI=1S/C13H14BrN3O/c1-10-12(14)13(18)17(9-16-10)8-7-15-11-5-3-2-4-6-11/h2-6,9,15H,7-8H2,1H3. The fourth-order valence-corrected chi connectivity index (χ4v) is 1.91. The first-order valence-electron chi connectivity index (χ1n) is 5.69. The summed E-state index contributed by atoms with van der Waals surface area (Å²) < 4.78 is 2.12. The average Bonchev–Trinajstić information content (AvgIpc) is 2.40. The molecule has 2 aromatic rings. The Hall–Kier alpha value is -1.62. The molecule has 1 heterocycles. The van der Waals surface area contributed by atoms with Crippen molar-refractivity contribution in [3.63, 3.8) is 0 Å². The van der Waals surface area contributed by atoms with Gasteiger partial charge in [-0.15, -0.1) is 0 Å². The van der Waals surface area contributed by atoms with Crippen molar-refractivity contribution in [1.29, 1.82) is 0 Å². The minimum absolute atomic E-state index is 0.0441. The third-order valence-electron chi connectivity index (χ3n) is 2.61. The fraction of sp³-hybridized carbons (Fsp3) is 0.231. The quantitative estimate of drug-likeness (QED) is 0.943. The SMILES string of the molecule is Cc1ncn(CCNc2ccccc2)c(=O)c1Br. The number of nitrogens with one attached hydrogen (secondary N) is 1. The van der Waals surface area contributed by atoms with E-state index in [2.05, 4.69) is 26.2 Å². The first-order valence-corrected chi connectivity index (χ1v) is 6.48. The van der Waals surface area contributed by atoms with Crippen LogP contribution in [-0.4, -0.2) is 16.1 Å². The van der Waals surface area contributed by atoms with Crippen molar-refractivity contribution in [1.82, 2.24) is 9.55 Å². The highest BCUT2D eigenvalue weighted by molar-refractivity contribution is 9.10. The second-order valence-corrected chi connectivity index (χ2v) is 4.73. The zero-order valence-corrected chi connectivity index (χ0v) is 11.6. The van der Waals surface area contributed by atoms with Crippen molar-refractivity contribution in [3.8, 4) is 0 Å². The number of aromatic nitrogens is 2. The molecule has 0 amide bonds. The Kier molecular flexibility index (Phi) is 4.15. The number of anilines is 1. The molecule has 0 bridgehead atoms. The van der Waals surface area contributed by atoms with Gasteiger partial charge in [0.15, 0.2) is 0 Å². The molecule has 0 atom stereocenters. The molecule has 0 fully saturated rings. The smallest absolute Gasteiger partial charge is 0.267 e. The lowest BCUT2D eigenvalue weighted by atomic mass is 10.3. The maximum absolute atomic E-state index is 11.9. The number of hydrogen-bond acceptors (Lipinski definition) is 3. The predicted molar refractivity (Wildman–Crippen MR) is 75.9 cm³/mol. The van der Waals surface area contributed by atoms with E-state index >= 15 is 0 Å². The number of benzene rings is 1. The topological polar surface area (TPSA) is 46.9 Å². The van der Waals surface area contributed by atoms with E-state index in [-0.39, 0.29) is 5.56 Å². The highest BCUT2D eigenvalue weighted by Gasteiger charge is 2.04. The van der Waals surface area contributed by atoms with Crippen molar-refractivity contribution < 1.29 is 0 Å². The summed E-state index contributed by atoms with van der Waals surface area (Å²) in [5.74, 6) is 0. The van der Waals surface area contributed by atoms with E-state index in [1.807, 2.05) is 30.3 Å². The molecule has 1 N–H and O–H groups in total. The van der Waals surface area contributed by atoms with Gasteiger partial charge in [0.05, 0.1) is 12.0 Å². The van der Waals surface area contributed by atoms with Crippen molar-refractivity contribution in [2.75, 3.05) is 11.9 Å². The molecular weight excluding hydrogens is 294 g/mol. The Bertz CT molecular complexity index is 581. The van der Waals surface area contributed by atoms with Crippen LogP contribution in [-0.2, 0) is 6.54 Å². The molecule has 2 rings (SSSR count). The molecule has 94 valence electrons. The average molecular weight is 308 g/mol. The van der Waals surface area contributed by atoms with E-state index in [9.17, 15) is 4.79 Å². The van der Waals surface area contributed by atoms with E-state index in [0.717, 1.165) is 5.69 Å². The molecule has 0 aliphatic heterocycles. The van der Waals surface area contributed by atoms with Gasteiger partial charge in [0.1, 0.15) is 4.47 Å². The Balaban J connectivity index is 1.99. The summed E-state index contributed by atoms with van der Waals surface area (Å²) in [7, 11) is 0. The number of nitrogens with zero attached hydrogens (tertiary/aromatic N) is 2. The minimum atomic E-state index is -0.0441. The lowest BCUT2D eigenvalue weighted by molar-refractivity contribution is 0.672. The first-order chi connectivity index (χ1) is 8.68. The molecule has 0 spiro atoms. The van der Waals surface area contributed by atoms with Gasteiger partial charge in [-0.05, 0) is 35.0 Å². The normalized spacial score (nSPS) is 10.3. The Morgan fingerprint density at radius 3 is 2.78 bits per heavy atom. The Labute approximate surface area is 114 Å². The van der Waals surface area contributed by atoms with Crippen LogP contribution in [0, 0.1) is 6.92 Å². The second kappa shape index (κ2) is 5.82. The molecule has 5 heteroatoms. The first kappa shape index (κ1) is 12.8. The van der Waals surface area contributed by atoms with E-state index in [1.54, 1.807) is 17.8 Å². The van der Waals surface area contributed by atoms with Crippen molar-refractivity contribution in [2.24, 2.45) is 0 Å². The zero-order chi connectivity index (χ0) is 13.0. The molecule has 0 aliphatic rings. The molecule has 0 radical (unpaired) electrons. The van der Waals surface area contributed by atoms with Gasteiger partial charge in [-0.2, -0.15) is 0 Å². The molecule has 0 aliphatic carbocycles. The molecule has 0 unspecified atom stereocenters. The van der Waals surface area contributed by atoms with Gasteiger partial charge in [-0.3, -0.25) is 9.36 Å². The molecule has 0 saturated heterocycles. The third kappa shape index (κ3) is 2.98. The van der Waals surface area contributed by atoms with Gasteiger partial charge in [0.2, 0.25) is 0 Å². The summed E-state index contributed by atoms with van der Waals surface area (Å²) in [5.41, 5.74) is 1.72. The van der Waals surface area contributed by atoms with Gasteiger partial charge >= 0.3 is 0 Å². The van der Waals surface area contributed by atoms with Gasteiger partial charge < -0.3 is 5.32 Å². The van der Waals surface area contributed by atoms with Crippen molar-refractivity contribution in [2.45, 2.75) is 13.5 Å². The largest absolute Gasteiger partial charge is 0.383 e. The number of rotatable bonds is 4. The van der Waals surface area contributed by atoms with Crippen LogP contribution < -0.4 is 10.9 Å². The van der Waals surface area contributed by atoms with E-state index in [0.29, 0.717) is 23.3 Å². The third-order valence-corrected chi connectivity index (χ3v) is 3.53. The van der Waals surface area contributed by atoms with Crippen molar-refractivity contribution in [3.05, 3.63) is 57.2 Å². The monoisotopic (exact) mass is 307 g/mol. The van der Waals surface area contributed by atoms with Crippen LogP contribution >= 0.6 is 15.9 Å². The summed E-state index contributed by atoms with van der Waals surface area (Å²) >= 11 is 3.25. The Morgan fingerprint density at radius 1 is 1.33 bits per heavy atom. The fourth-order valence-electron chi connectivity index (χ4n) is 1.58. The lowest BCUT2D eigenvalue weighted by Gasteiger charge is -2.09. The maximum Gasteiger partial charge on any atom is 0.267 e. The molecular formula is C13H14BrN3O. The van der Waals surface area contributed by atoms with Crippen LogP contribution in [0.3, 0.4) is 0 Å². The molecule has 1 aromatic heterocycles. The van der Waals surface area contributed by atoms with Gasteiger partial charge in [0.25, 0.3) is 5.56 Å². The minimum Gasteiger partial charge on any atom is -0.383 e. The highest BCUT2D eigenvalue weighted by Crippen LogP contribution is 2.06. The van der Waals surface area contributed by atoms with E-state index < -0.39 is 0 Å². The van der Waals surface area contributed by atoms with Crippen LogP contribution in [0.4, 0.5) is 5.69 Å². The number of para-hydroxylation sites is 1. The van der Waals surface area contributed by atoms with Crippen LogP contribution in [0.1, 0.15) is 5.69 Å². The van der Waals surface area contributed by atoms with Gasteiger partial charge in [-0.25, -0.2) is 4.98 Å². The summed E-state index contributed by atoms with van der Waals surface area (Å²) in [5, 5.41) is 3.25. The molecule has 0 saturated carbocycles. The van der Waals surface area contributed by atoms with Gasteiger partial charge in [0, 0.05) is 18.8 Å². The highest BCUT2D eigenvalue weighted by atomic mass is 79.9. The summed E-state index contributed by atoms with van der Waals surface area (Å²) in [6.07, 6.45) is 1.58. The van der Waals surface area contributed by atoms with Crippen LogP contribution in [0.2, 0.25) is 0 Å². The second-order valence-electron chi connectivity index (χ2n) is 3.94. The number of aryl methyl sites for hydroxylation is 1. The predicted octanol–water partition coefficient (Wildman–Crippen LogP) is 2.43. The van der Waals surface area contributed by atoms with Crippen LogP contribution in [0.25, 0.3) is 0 Å². The summed E-state index contributed by atoms with van der Waals surface area (Å²) in [4.78, 5) is 16.0. The molecule has 1 aromatic carbocycles. The molecule has 18 heavy (non-hydrogen) atoms. The lowest BCUT2D eigenvalue weighted by Crippen LogP contribution is -2.25. The van der Waals surface area contributed by atoms with Gasteiger partial charge in [-0.1, -0.05) is 18.2 Å².